The highest BCUT2D eigenvalue weighted by atomic mass is 31.2. The summed E-state index contributed by atoms with van der Waals surface area (Å²) >= 11 is 0. The molecule has 0 aliphatic carbocycles. The van der Waals surface area contributed by atoms with Crippen LogP contribution in [0.2, 0.25) is 0 Å². The number of nitrogens with zero attached hydrogens (tertiary/aromatic N) is 1. The van der Waals surface area contributed by atoms with Gasteiger partial charge in [0, 0.05) is 12.8 Å². The van der Waals surface area contributed by atoms with Crippen molar-refractivity contribution in [1.82, 2.24) is 5.32 Å². The number of carbonyl (C=O) groups excluding carboxylic acids is 2. The van der Waals surface area contributed by atoms with Gasteiger partial charge in [0.2, 0.25) is 5.91 Å². The maximum Gasteiger partial charge on any atom is 0.306 e. The van der Waals surface area contributed by atoms with E-state index in [4.69, 9.17) is 13.8 Å². The van der Waals surface area contributed by atoms with Crippen LogP contribution >= 0.6 is 7.82 Å². The summed E-state index contributed by atoms with van der Waals surface area (Å²) in [5.74, 6) is -0.674. The summed E-state index contributed by atoms with van der Waals surface area (Å²) in [6.07, 6.45) is 62.2. The first-order chi connectivity index (χ1) is 32.4. The van der Waals surface area contributed by atoms with Crippen molar-refractivity contribution in [3.8, 4) is 0 Å². The molecule has 0 heterocycles. The average molecular weight is 953 g/mol. The van der Waals surface area contributed by atoms with E-state index in [1.165, 1.54) is 51.4 Å². The second kappa shape index (κ2) is 46.4. The Labute approximate surface area is 410 Å². The minimum atomic E-state index is -4.72. The van der Waals surface area contributed by atoms with Crippen LogP contribution < -0.4 is 10.2 Å². The molecule has 3 unspecified atom stereocenters. The van der Waals surface area contributed by atoms with Crippen molar-refractivity contribution < 1.29 is 37.3 Å². The molecule has 0 aromatic carbocycles. The number of phosphoric ester groups is 1. The number of ether oxygens (including phenoxy) is 1. The van der Waals surface area contributed by atoms with Crippen LogP contribution in [-0.4, -0.2) is 69.4 Å². The molecular weight excluding hydrogens is 856 g/mol. The standard InChI is InChI=1S/C57H97N2O7P/c1-7-10-13-16-19-22-25-28-29-30-32-34-37-40-43-46-49-56(60)58-54(53-65-67(62,63)64-52-51-59(4,5)6)55(48-45-42-39-36-33-27-24-21-18-15-12-9-3)66-57(61)50-47-44-41-38-35-31-26-23-20-17-14-11-8-2/h10-11,13-14,17,19-20,22-23,26,28-29,32,34,40,43,45,48,54-55H,7-9,12,15-16,18,21,24-25,27,30-31,33,35-39,41-42,44,46-47,49-53H2,1-6H3,(H-,58,60,62,63)/b13-10+,14-11+,20-17+,22-19+,26-23-,29-28+,34-32+,43-40+,48-45+. The van der Waals surface area contributed by atoms with Gasteiger partial charge in [-0.3, -0.25) is 14.2 Å². The van der Waals surface area contributed by atoms with Gasteiger partial charge in [-0.05, 0) is 83.1 Å². The zero-order chi connectivity index (χ0) is 49.4. The molecule has 1 amide bonds. The molecule has 382 valence electrons. The number of quaternary nitrogens is 1. The molecule has 0 aliphatic rings. The first-order valence-corrected chi connectivity index (χ1v) is 27.7. The first-order valence-electron chi connectivity index (χ1n) is 26.2. The van der Waals surface area contributed by atoms with Gasteiger partial charge in [0.15, 0.2) is 0 Å². The van der Waals surface area contributed by atoms with E-state index in [0.29, 0.717) is 23.9 Å². The van der Waals surface area contributed by atoms with E-state index >= 15 is 0 Å². The van der Waals surface area contributed by atoms with Gasteiger partial charge in [0.05, 0.1) is 33.8 Å². The van der Waals surface area contributed by atoms with E-state index in [-0.39, 0.29) is 31.3 Å². The number of allylic oxidation sites excluding steroid dienone is 17. The summed E-state index contributed by atoms with van der Waals surface area (Å²) in [6.45, 7) is 6.48. The Kier molecular flexibility index (Phi) is 44.1. The molecule has 0 aromatic heterocycles. The smallest absolute Gasteiger partial charge is 0.306 e. The van der Waals surface area contributed by atoms with Gasteiger partial charge >= 0.3 is 5.97 Å². The third-order valence-electron chi connectivity index (χ3n) is 10.8. The van der Waals surface area contributed by atoms with Crippen LogP contribution in [-0.2, 0) is 27.9 Å². The molecule has 0 aromatic rings. The van der Waals surface area contributed by atoms with Crippen LogP contribution in [0, 0.1) is 0 Å². The summed E-state index contributed by atoms with van der Waals surface area (Å²) in [5, 5.41) is 2.95. The Morgan fingerprint density at radius 3 is 1.60 bits per heavy atom. The zero-order valence-corrected chi connectivity index (χ0v) is 44.2. The van der Waals surface area contributed by atoms with Crippen molar-refractivity contribution in [2.45, 2.75) is 200 Å². The Morgan fingerprint density at radius 2 is 1.04 bits per heavy atom. The number of hydrogen-bond acceptors (Lipinski definition) is 7. The first kappa shape index (κ1) is 63.7. The molecule has 0 saturated carbocycles. The van der Waals surface area contributed by atoms with Crippen LogP contribution in [0.25, 0.3) is 0 Å². The average Bonchev–Trinajstić information content (AvgIpc) is 3.28. The minimum Gasteiger partial charge on any atom is -0.756 e. The second-order valence-electron chi connectivity index (χ2n) is 18.3. The van der Waals surface area contributed by atoms with Crippen molar-refractivity contribution >= 4 is 19.7 Å². The largest absolute Gasteiger partial charge is 0.756 e. The van der Waals surface area contributed by atoms with E-state index in [1.54, 1.807) is 6.08 Å². The fourth-order valence-electron chi connectivity index (χ4n) is 6.74. The Hall–Kier alpha value is -3.33. The van der Waals surface area contributed by atoms with Crippen molar-refractivity contribution in [1.29, 1.82) is 0 Å². The van der Waals surface area contributed by atoms with Crippen molar-refractivity contribution in [2.75, 3.05) is 40.9 Å². The molecule has 10 heteroatoms. The quantitative estimate of drug-likeness (QED) is 0.0161. The molecule has 0 spiro atoms. The number of unbranched alkanes of at least 4 members (excludes halogenated alkanes) is 15. The molecule has 1 N–H and O–H groups in total. The van der Waals surface area contributed by atoms with Crippen molar-refractivity contribution in [3.05, 3.63) is 109 Å². The van der Waals surface area contributed by atoms with Gasteiger partial charge in [-0.15, -0.1) is 0 Å². The van der Waals surface area contributed by atoms with Crippen LogP contribution in [0.1, 0.15) is 188 Å². The third-order valence-corrected chi connectivity index (χ3v) is 11.7. The molecule has 0 radical (unpaired) electrons. The van der Waals surface area contributed by atoms with Gasteiger partial charge in [0.25, 0.3) is 7.82 Å². The number of carbonyl (C=O) groups is 2. The third kappa shape index (κ3) is 47.5. The maximum absolute atomic E-state index is 13.4. The number of nitrogens with one attached hydrogen (secondary N) is 1. The maximum atomic E-state index is 13.4. The molecule has 0 bridgehead atoms. The number of phosphoric acid groups is 1. The predicted octanol–water partition coefficient (Wildman–Crippen LogP) is 14.8. The van der Waals surface area contributed by atoms with Gasteiger partial charge in [0.1, 0.15) is 19.3 Å². The minimum absolute atomic E-state index is 0.0449. The number of rotatable bonds is 45. The summed E-state index contributed by atoms with van der Waals surface area (Å²) in [5.41, 5.74) is 0. The monoisotopic (exact) mass is 953 g/mol. The summed E-state index contributed by atoms with van der Waals surface area (Å²) in [7, 11) is 1.11. The molecule has 3 atom stereocenters. The number of hydrogen-bond donors (Lipinski definition) is 1. The fourth-order valence-corrected chi connectivity index (χ4v) is 7.46. The zero-order valence-electron chi connectivity index (χ0n) is 43.3. The molecule has 9 nitrogen and oxygen atoms in total. The number of esters is 1. The lowest BCUT2D eigenvalue weighted by atomic mass is 10.1. The Balaban J connectivity index is 5.59. The van der Waals surface area contributed by atoms with Gasteiger partial charge in [-0.1, -0.05) is 201 Å². The summed E-state index contributed by atoms with van der Waals surface area (Å²) in [4.78, 5) is 39.7. The number of amides is 1. The van der Waals surface area contributed by atoms with Gasteiger partial charge < -0.3 is 28.5 Å². The Bertz CT molecular complexity index is 1520. The Morgan fingerprint density at radius 1 is 0.552 bits per heavy atom. The highest BCUT2D eigenvalue weighted by Gasteiger charge is 2.27. The number of likely N-dealkylation sites (N-methyl/N-ethyl adjacent to an activating group) is 1. The van der Waals surface area contributed by atoms with Crippen LogP contribution in [0.5, 0.6) is 0 Å². The predicted molar refractivity (Wildman–Crippen MR) is 284 cm³/mol. The highest BCUT2D eigenvalue weighted by molar-refractivity contribution is 7.45. The summed E-state index contributed by atoms with van der Waals surface area (Å²) in [6, 6.07) is -0.941. The topological polar surface area (TPSA) is 114 Å². The molecule has 0 aliphatic heterocycles. The normalized spacial score (nSPS) is 14.8. The molecule has 0 saturated heterocycles. The molecule has 67 heavy (non-hydrogen) atoms. The van der Waals surface area contributed by atoms with Gasteiger partial charge in [-0.2, -0.15) is 0 Å². The van der Waals surface area contributed by atoms with E-state index in [2.05, 4.69) is 105 Å². The lowest BCUT2D eigenvalue weighted by Gasteiger charge is -2.30. The lowest BCUT2D eigenvalue weighted by Crippen LogP contribution is -2.47. The van der Waals surface area contributed by atoms with Crippen LogP contribution in [0.15, 0.2) is 109 Å². The van der Waals surface area contributed by atoms with Gasteiger partial charge in [-0.25, -0.2) is 0 Å². The fraction of sp³-hybridized carbons (Fsp3) is 0.649. The highest BCUT2D eigenvalue weighted by Crippen LogP contribution is 2.38. The van der Waals surface area contributed by atoms with Crippen molar-refractivity contribution in [2.24, 2.45) is 0 Å². The van der Waals surface area contributed by atoms with E-state index in [0.717, 1.165) is 89.9 Å². The van der Waals surface area contributed by atoms with Crippen molar-refractivity contribution in [3.63, 3.8) is 0 Å². The second-order valence-corrected chi connectivity index (χ2v) is 19.7. The van der Waals surface area contributed by atoms with Crippen LogP contribution in [0.3, 0.4) is 0 Å². The SMILES string of the molecule is CC/C=C/C=C/C=C\CCCCCCCC(=O)OC(/C=C/CCCCCCCCCCCC)C(COP(=O)([O-])OCC[N+](C)(C)C)NC(=O)CC/C=C/C/C=C/C/C=C/C/C=C/C/C=C/CC. The lowest BCUT2D eigenvalue weighted by molar-refractivity contribution is -0.870. The van der Waals surface area contributed by atoms with E-state index < -0.39 is 26.6 Å². The molecule has 0 rings (SSSR count). The summed E-state index contributed by atoms with van der Waals surface area (Å²) < 4.78 is 30.0. The van der Waals surface area contributed by atoms with E-state index in [9.17, 15) is 19.0 Å². The molecule has 0 fully saturated rings. The molecular formula is C57H97N2O7P. The van der Waals surface area contributed by atoms with E-state index in [1.807, 2.05) is 45.4 Å². The van der Waals surface area contributed by atoms with Crippen LogP contribution in [0.4, 0.5) is 0 Å².